The number of piperazine rings is 1. The van der Waals surface area contributed by atoms with Crippen molar-refractivity contribution in [3.05, 3.63) is 24.3 Å². The van der Waals surface area contributed by atoms with Crippen molar-refractivity contribution in [2.75, 3.05) is 35.8 Å². The molecule has 1 heterocycles. The van der Waals surface area contributed by atoms with E-state index in [1.807, 2.05) is 24.3 Å². The van der Waals surface area contributed by atoms with Gasteiger partial charge in [0.05, 0.1) is 0 Å². The molecule has 1 saturated heterocycles. The summed E-state index contributed by atoms with van der Waals surface area (Å²) >= 11 is -2.00. The molecular weight excluding hydrogens is 226 g/mol. The molecule has 16 heavy (non-hydrogen) atoms. The zero-order valence-corrected chi connectivity index (χ0v) is 9.67. The van der Waals surface area contributed by atoms with E-state index in [1.54, 1.807) is 0 Å². The van der Waals surface area contributed by atoms with Gasteiger partial charge in [0, 0.05) is 37.6 Å². The summed E-state index contributed by atoms with van der Waals surface area (Å²) in [5.74, 6) is 0. The summed E-state index contributed by atoms with van der Waals surface area (Å²) in [6, 6.07) is 7.54. The second-order valence-electron chi connectivity index (χ2n) is 3.64. The number of benzene rings is 1. The largest absolute Gasteiger partial charge is 0.369 e. The molecule has 1 atom stereocenters. The van der Waals surface area contributed by atoms with Gasteiger partial charge in [0.2, 0.25) is 0 Å². The average molecular weight is 241 g/mol. The van der Waals surface area contributed by atoms with Crippen LogP contribution in [0, 0.1) is 0 Å². The quantitative estimate of drug-likeness (QED) is 0.680. The molecule has 0 amide bonds. The Hall–Kier alpha value is -1.11. The van der Waals surface area contributed by atoms with Gasteiger partial charge in [-0.25, -0.2) is 4.21 Å². The summed E-state index contributed by atoms with van der Waals surface area (Å²) in [5.41, 5.74) is 1.80. The van der Waals surface area contributed by atoms with Crippen LogP contribution >= 0.6 is 0 Å². The minimum Gasteiger partial charge on any atom is -0.369 e. The maximum Gasteiger partial charge on any atom is 0.259 e. The summed E-state index contributed by atoms with van der Waals surface area (Å²) in [6.07, 6.45) is 0. The fourth-order valence-corrected chi connectivity index (χ4v) is 2.10. The molecule has 0 radical (unpaired) electrons. The van der Waals surface area contributed by atoms with Crippen LogP contribution < -0.4 is 14.9 Å². The fraction of sp³-hybridized carbons (Fsp3) is 0.400. The lowest BCUT2D eigenvalue weighted by Crippen LogP contribution is -2.43. The van der Waals surface area contributed by atoms with Gasteiger partial charge in [0.25, 0.3) is 11.3 Å². The molecule has 0 aromatic heterocycles. The molecule has 0 spiro atoms. The molecule has 6 heteroatoms. The van der Waals surface area contributed by atoms with Crippen LogP contribution in [0.25, 0.3) is 0 Å². The molecular formula is C10H15N3O2S. The van der Waals surface area contributed by atoms with E-state index < -0.39 is 11.3 Å². The summed E-state index contributed by atoms with van der Waals surface area (Å²) in [4.78, 5) is 2.29. The lowest BCUT2D eigenvalue weighted by molar-refractivity contribution is 0.570. The molecule has 88 valence electrons. The Morgan fingerprint density at radius 3 is 2.44 bits per heavy atom. The summed E-state index contributed by atoms with van der Waals surface area (Å²) in [7, 11) is 0. The van der Waals surface area contributed by atoms with Crippen LogP contribution in [0.3, 0.4) is 0 Å². The molecule has 5 nitrogen and oxygen atoms in total. The Kier molecular flexibility index (Phi) is 3.76. The van der Waals surface area contributed by atoms with Crippen molar-refractivity contribution in [1.29, 1.82) is 0 Å². The van der Waals surface area contributed by atoms with E-state index in [9.17, 15) is 4.21 Å². The van der Waals surface area contributed by atoms with Gasteiger partial charge in [0.15, 0.2) is 0 Å². The van der Waals surface area contributed by atoms with Crippen molar-refractivity contribution in [3.63, 3.8) is 0 Å². The third-order valence-electron chi connectivity index (χ3n) is 2.55. The monoisotopic (exact) mass is 241 g/mol. The molecule has 1 unspecified atom stereocenters. The summed E-state index contributed by atoms with van der Waals surface area (Å²) < 4.78 is 21.6. The third-order valence-corrected chi connectivity index (χ3v) is 2.96. The van der Waals surface area contributed by atoms with E-state index in [-0.39, 0.29) is 0 Å². The van der Waals surface area contributed by atoms with Crippen molar-refractivity contribution in [2.24, 2.45) is 0 Å². The fourth-order valence-electron chi connectivity index (χ4n) is 1.76. The van der Waals surface area contributed by atoms with E-state index in [1.165, 1.54) is 0 Å². The Morgan fingerprint density at radius 1 is 1.25 bits per heavy atom. The van der Waals surface area contributed by atoms with E-state index in [0.29, 0.717) is 5.69 Å². The van der Waals surface area contributed by atoms with Gasteiger partial charge in [-0.15, -0.1) is 0 Å². The number of rotatable bonds is 3. The number of nitrogens with one attached hydrogen (secondary N) is 2. The molecule has 0 bridgehead atoms. The van der Waals surface area contributed by atoms with Gasteiger partial charge in [-0.1, -0.05) is 0 Å². The highest BCUT2D eigenvalue weighted by Crippen LogP contribution is 2.18. The van der Waals surface area contributed by atoms with Crippen molar-refractivity contribution >= 4 is 22.6 Å². The number of hydrogen-bond acceptors (Lipinski definition) is 3. The van der Waals surface area contributed by atoms with E-state index in [0.717, 1.165) is 31.9 Å². The molecule has 0 saturated carbocycles. The predicted octanol–water partition coefficient (Wildman–Crippen LogP) is 0.645. The van der Waals surface area contributed by atoms with Crippen LogP contribution in [-0.2, 0) is 11.3 Å². The van der Waals surface area contributed by atoms with Crippen LogP contribution in [0.2, 0.25) is 0 Å². The molecule has 1 aromatic carbocycles. The highest BCUT2D eigenvalue weighted by molar-refractivity contribution is 7.80. The van der Waals surface area contributed by atoms with E-state index in [4.69, 9.17) is 4.55 Å². The lowest BCUT2D eigenvalue weighted by atomic mass is 10.2. The van der Waals surface area contributed by atoms with Gasteiger partial charge in [-0.3, -0.25) is 9.27 Å². The number of nitrogens with zero attached hydrogens (tertiary/aromatic N) is 1. The maximum absolute atomic E-state index is 10.5. The summed E-state index contributed by atoms with van der Waals surface area (Å²) in [5, 5.41) is 3.29. The minimum atomic E-state index is -2.00. The smallest absolute Gasteiger partial charge is 0.259 e. The van der Waals surface area contributed by atoms with Gasteiger partial charge in [0.1, 0.15) is 0 Å². The Morgan fingerprint density at radius 2 is 1.88 bits per heavy atom. The van der Waals surface area contributed by atoms with Crippen molar-refractivity contribution < 1.29 is 8.76 Å². The average Bonchev–Trinajstić information content (AvgIpc) is 2.30. The van der Waals surface area contributed by atoms with E-state index >= 15 is 0 Å². The van der Waals surface area contributed by atoms with Crippen LogP contribution in [0.15, 0.2) is 24.3 Å². The van der Waals surface area contributed by atoms with Crippen LogP contribution in [0.4, 0.5) is 11.4 Å². The van der Waals surface area contributed by atoms with Crippen molar-refractivity contribution in [2.45, 2.75) is 0 Å². The SMILES string of the molecule is O=S(O)Nc1ccc(N2CCNCC2)cc1. The van der Waals surface area contributed by atoms with Crippen LogP contribution in [0.5, 0.6) is 0 Å². The molecule has 0 aliphatic carbocycles. The first-order valence-corrected chi connectivity index (χ1v) is 6.29. The van der Waals surface area contributed by atoms with Crippen LogP contribution in [-0.4, -0.2) is 34.9 Å². The molecule has 2 rings (SSSR count). The maximum atomic E-state index is 10.5. The minimum absolute atomic E-state index is 0.653. The van der Waals surface area contributed by atoms with E-state index in [2.05, 4.69) is 14.9 Å². The number of anilines is 2. The Labute approximate surface area is 97.3 Å². The first kappa shape index (κ1) is 11.4. The normalized spacial score (nSPS) is 18.2. The van der Waals surface area contributed by atoms with Crippen molar-refractivity contribution in [3.8, 4) is 0 Å². The topological polar surface area (TPSA) is 64.6 Å². The highest BCUT2D eigenvalue weighted by Gasteiger charge is 2.09. The molecule has 3 N–H and O–H groups in total. The van der Waals surface area contributed by atoms with Gasteiger partial charge in [-0.05, 0) is 24.3 Å². The molecule has 1 aliphatic heterocycles. The summed E-state index contributed by atoms with van der Waals surface area (Å²) in [6.45, 7) is 4.00. The van der Waals surface area contributed by atoms with Gasteiger partial charge in [-0.2, -0.15) is 0 Å². The Bertz CT molecular complexity index is 363. The predicted molar refractivity (Wildman–Crippen MR) is 65.9 cm³/mol. The van der Waals surface area contributed by atoms with Crippen LogP contribution in [0.1, 0.15) is 0 Å². The zero-order chi connectivity index (χ0) is 11.4. The molecule has 1 aromatic rings. The van der Waals surface area contributed by atoms with Gasteiger partial charge >= 0.3 is 0 Å². The molecule has 1 fully saturated rings. The second-order valence-corrected chi connectivity index (χ2v) is 4.34. The lowest BCUT2D eigenvalue weighted by Gasteiger charge is -2.29. The van der Waals surface area contributed by atoms with Crippen molar-refractivity contribution in [1.82, 2.24) is 5.32 Å². The first-order valence-electron chi connectivity index (χ1n) is 5.19. The number of hydrogen-bond donors (Lipinski definition) is 3. The molecule has 1 aliphatic rings. The third kappa shape index (κ3) is 2.94. The first-order chi connectivity index (χ1) is 7.75. The van der Waals surface area contributed by atoms with Gasteiger partial charge < -0.3 is 10.2 Å². The Balaban J connectivity index is 2.03. The second kappa shape index (κ2) is 5.29. The highest BCUT2D eigenvalue weighted by atomic mass is 32.2. The standard InChI is InChI=1S/C10H15N3O2S/c14-16(15)12-9-1-3-10(4-2-9)13-7-5-11-6-8-13/h1-4,11-12H,5-8H2,(H,14,15). The zero-order valence-electron chi connectivity index (χ0n) is 8.85.